The summed E-state index contributed by atoms with van der Waals surface area (Å²) in [6.45, 7) is 2.89. The van der Waals surface area contributed by atoms with Gasteiger partial charge in [-0.05, 0) is 47.1 Å². The maximum atomic E-state index is 8.85. The lowest BCUT2D eigenvalue weighted by Gasteiger charge is -2.15. The first-order valence-electron chi connectivity index (χ1n) is 5.62. The lowest BCUT2D eigenvalue weighted by molar-refractivity contribution is 0.561. The summed E-state index contributed by atoms with van der Waals surface area (Å²) in [6.07, 6.45) is 3.71. The van der Waals surface area contributed by atoms with Crippen molar-refractivity contribution in [3.63, 3.8) is 0 Å². The van der Waals surface area contributed by atoms with Crippen molar-refractivity contribution in [1.82, 2.24) is 9.78 Å². The summed E-state index contributed by atoms with van der Waals surface area (Å²) < 4.78 is 2.69. The molecule has 0 amide bonds. The van der Waals surface area contributed by atoms with Crippen molar-refractivity contribution in [3.05, 3.63) is 46.7 Å². The minimum atomic E-state index is 0.254. The summed E-state index contributed by atoms with van der Waals surface area (Å²) in [5, 5.41) is 16.4. The Labute approximate surface area is 114 Å². The number of hydrogen-bond donors (Lipinski definition) is 1. The van der Waals surface area contributed by atoms with E-state index >= 15 is 0 Å². The van der Waals surface area contributed by atoms with Crippen molar-refractivity contribution >= 4 is 21.6 Å². The first-order valence-corrected chi connectivity index (χ1v) is 6.42. The second kappa shape index (κ2) is 5.69. The summed E-state index contributed by atoms with van der Waals surface area (Å²) in [5.74, 6) is 0. The van der Waals surface area contributed by atoms with Gasteiger partial charge in [0.1, 0.15) is 6.07 Å². The fourth-order valence-electron chi connectivity index (χ4n) is 1.71. The zero-order valence-corrected chi connectivity index (χ0v) is 11.6. The Hall–Kier alpha value is -1.80. The first-order chi connectivity index (χ1) is 8.69. The zero-order valence-electron chi connectivity index (χ0n) is 9.97. The quantitative estimate of drug-likeness (QED) is 0.944. The fourth-order valence-corrected chi connectivity index (χ4v) is 2.18. The molecule has 0 bridgehead atoms. The lowest BCUT2D eigenvalue weighted by atomic mass is 10.2. The van der Waals surface area contributed by atoms with Gasteiger partial charge in [0.15, 0.2) is 0 Å². The Morgan fingerprint density at radius 2 is 2.39 bits per heavy atom. The Morgan fingerprint density at radius 1 is 1.56 bits per heavy atom. The van der Waals surface area contributed by atoms with Gasteiger partial charge in [-0.2, -0.15) is 10.4 Å². The fraction of sp³-hybridized carbons (Fsp3) is 0.231. The molecule has 18 heavy (non-hydrogen) atoms. The van der Waals surface area contributed by atoms with Gasteiger partial charge in [-0.3, -0.25) is 4.68 Å². The number of nitrogens with zero attached hydrogens (tertiary/aromatic N) is 3. The number of nitrogens with one attached hydrogen (secondary N) is 1. The minimum absolute atomic E-state index is 0.254. The van der Waals surface area contributed by atoms with Crippen LogP contribution >= 0.6 is 15.9 Å². The first kappa shape index (κ1) is 12.7. The van der Waals surface area contributed by atoms with Crippen LogP contribution in [0.15, 0.2) is 41.1 Å². The standard InChI is InChI=1S/C13H13BrN4/c1-10(9-18-6-2-5-16-18)17-12-4-3-11(8-15)13(14)7-12/h2-7,10,17H,9H2,1H3. The molecule has 1 unspecified atom stereocenters. The molecule has 0 aliphatic heterocycles. The van der Waals surface area contributed by atoms with E-state index in [1.54, 1.807) is 12.3 Å². The summed E-state index contributed by atoms with van der Waals surface area (Å²) in [6, 6.07) is 9.90. The van der Waals surface area contributed by atoms with E-state index in [1.807, 2.05) is 29.1 Å². The van der Waals surface area contributed by atoms with E-state index in [2.05, 4.69) is 39.3 Å². The number of hydrogen-bond acceptors (Lipinski definition) is 3. The molecule has 2 rings (SSSR count). The van der Waals surface area contributed by atoms with Gasteiger partial charge in [-0.15, -0.1) is 0 Å². The van der Waals surface area contributed by atoms with E-state index < -0.39 is 0 Å². The van der Waals surface area contributed by atoms with Crippen LogP contribution in [0, 0.1) is 11.3 Å². The molecule has 92 valence electrons. The number of benzene rings is 1. The van der Waals surface area contributed by atoms with Crippen molar-refractivity contribution in [3.8, 4) is 6.07 Å². The van der Waals surface area contributed by atoms with E-state index in [1.165, 1.54) is 0 Å². The van der Waals surface area contributed by atoms with Crippen LogP contribution < -0.4 is 5.32 Å². The van der Waals surface area contributed by atoms with Gasteiger partial charge < -0.3 is 5.32 Å². The van der Waals surface area contributed by atoms with Crippen LogP contribution in [0.5, 0.6) is 0 Å². The second-order valence-electron chi connectivity index (χ2n) is 4.08. The highest BCUT2D eigenvalue weighted by Crippen LogP contribution is 2.21. The van der Waals surface area contributed by atoms with E-state index in [-0.39, 0.29) is 6.04 Å². The number of rotatable bonds is 4. The lowest BCUT2D eigenvalue weighted by Crippen LogP contribution is -2.22. The third-order valence-electron chi connectivity index (χ3n) is 2.52. The highest BCUT2D eigenvalue weighted by molar-refractivity contribution is 9.10. The van der Waals surface area contributed by atoms with E-state index in [0.717, 1.165) is 16.7 Å². The normalized spacial score (nSPS) is 11.8. The Morgan fingerprint density at radius 3 is 3.00 bits per heavy atom. The molecule has 1 aromatic heterocycles. The third kappa shape index (κ3) is 3.11. The zero-order chi connectivity index (χ0) is 13.0. The van der Waals surface area contributed by atoms with Gasteiger partial charge in [-0.25, -0.2) is 0 Å². The SMILES string of the molecule is CC(Cn1cccn1)Nc1ccc(C#N)c(Br)c1. The number of aromatic nitrogens is 2. The van der Waals surface area contributed by atoms with Crippen LogP contribution in [-0.4, -0.2) is 15.8 Å². The molecule has 0 saturated heterocycles. The number of halogens is 1. The molecule has 5 heteroatoms. The smallest absolute Gasteiger partial charge is 0.100 e. The van der Waals surface area contributed by atoms with Crippen molar-refractivity contribution < 1.29 is 0 Å². The molecule has 1 heterocycles. The average Bonchev–Trinajstić information content (AvgIpc) is 2.82. The number of anilines is 1. The van der Waals surface area contributed by atoms with Gasteiger partial charge in [0.25, 0.3) is 0 Å². The highest BCUT2D eigenvalue weighted by Gasteiger charge is 2.05. The molecule has 4 nitrogen and oxygen atoms in total. The van der Waals surface area contributed by atoms with Crippen molar-refractivity contribution in [2.24, 2.45) is 0 Å². The predicted octanol–water partition coefficient (Wildman–Crippen LogP) is 3.02. The van der Waals surface area contributed by atoms with Gasteiger partial charge >= 0.3 is 0 Å². The molecule has 0 fully saturated rings. The minimum Gasteiger partial charge on any atom is -0.381 e. The molecule has 1 aromatic carbocycles. The Kier molecular flexibility index (Phi) is 4.00. The summed E-state index contributed by atoms with van der Waals surface area (Å²) in [7, 11) is 0. The van der Waals surface area contributed by atoms with E-state index in [4.69, 9.17) is 5.26 Å². The van der Waals surface area contributed by atoms with Crippen LogP contribution in [0.4, 0.5) is 5.69 Å². The van der Waals surface area contributed by atoms with Gasteiger partial charge in [-0.1, -0.05) is 0 Å². The topological polar surface area (TPSA) is 53.6 Å². The van der Waals surface area contributed by atoms with Crippen LogP contribution in [-0.2, 0) is 6.54 Å². The van der Waals surface area contributed by atoms with Crippen LogP contribution in [0.25, 0.3) is 0 Å². The van der Waals surface area contributed by atoms with Gasteiger partial charge in [0, 0.05) is 28.6 Å². The molecule has 0 aliphatic rings. The van der Waals surface area contributed by atoms with Gasteiger partial charge in [0.2, 0.25) is 0 Å². The molecule has 2 aromatic rings. The molecule has 0 aliphatic carbocycles. The maximum absolute atomic E-state index is 8.85. The molecule has 0 spiro atoms. The number of nitriles is 1. The molecular formula is C13H13BrN4. The van der Waals surface area contributed by atoms with Crippen molar-refractivity contribution in [1.29, 1.82) is 5.26 Å². The second-order valence-corrected chi connectivity index (χ2v) is 4.93. The average molecular weight is 305 g/mol. The Balaban J connectivity index is 2.01. The Bertz CT molecular complexity index is 557. The van der Waals surface area contributed by atoms with Crippen LogP contribution in [0.2, 0.25) is 0 Å². The predicted molar refractivity (Wildman–Crippen MR) is 74.2 cm³/mol. The van der Waals surface area contributed by atoms with Crippen LogP contribution in [0.3, 0.4) is 0 Å². The largest absolute Gasteiger partial charge is 0.381 e. The summed E-state index contributed by atoms with van der Waals surface area (Å²) >= 11 is 3.38. The van der Waals surface area contributed by atoms with Gasteiger partial charge in [0.05, 0.1) is 12.1 Å². The molecule has 0 radical (unpaired) electrons. The third-order valence-corrected chi connectivity index (χ3v) is 3.18. The molecule has 1 N–H and O–H groups in total. The summed E-state index contributed by atoms with van der Waals surface area (Å²) in [5.41, 5.74) is 1.63. The van der Waals surface area contributed by atoms with Crippen LogP contribution in [0.1, 0.15) is 12.5 Å². The van der Waals surface area contributed by atoms with Crippen molar-refractivity contribution in [2.45, 2.75) is 19.5 Å². The van der Waals surface area contributed by atoms with Crippen molar-refractivity contribution in [2.75, 3.05) is 5.32 Å². The monoisotopic (exact) mass is 304 g/mol. The highest BCUT2D eigenvalue weighted by atomic mass is 79.9. The van der Waals surface area contributed by atoms with E-state index in [9.17, 15) is 0 Å². The summed E-state index contributed by atoms with van der Waals surface area (Å²) in [4.78, 5) is 0. The molecule has 1 atom stereocenters. The molecule has 0 saturated carbocycles. The maximum Gasteiger partial charge on any atom is 0.100 e. The molecular weight excluding hydrogens is 292 g/mol. The van der Waals surface area contributed by atoms with E-state index in [0.29, 0.717) is 5.56 Å².